The SMILES string of the molecule is CCCCCCC(C)(CN)N1CCCC(C)(C)C1. The van der Waals surface area contributed by atoms with Gasteiger partial charge in [0.15, 0.2) is 0 Å². The van der Waals surface area contributed by atoms with Crippen molar-refractivity contribution in [2.75, 3.05) is 19.6 Å². The van der Waals surface area contributed by atoms with Crippen LogP contribution >= 0.6 is 0 Å². The van der Waals surface area contributed by atoms with Crippen LogP contribution in [0.4, 0.5) is 0 Å². The molecule has 0 aromatic rings. The van der Waals surface area contributed by atoms with E-state index in [0.29, 0.717) is 5.41 Å². The molecule has 1 unspecified atom stereocenters. The number of likely N-dealkylation sites (tertiary alicyclic amines) is 1. The average Bonchev–Trinajstić information content (AvgIpc) is 2.33. The Labute approximate surface area is 114 Å². The largest absolute Gasteiger partial charge is 0.329 e. The van der Waals surface area contributed by atoms with Gasteiger partial charge in [-0.15, -0.1) is 0 Å². The van der Waals surface area contributed by atoms with Gasteiger partial charge in [0.2, 0.25) is 0 Å². The second-order valence-corrected chi connectivity index (χ2v) is 7.20. The topological polar surface area (TPSA) is 29.3 Å². The molecule has 1 rings (SSSR count). The maximum absolute atomic E-state index is 6.10. The molecule has 2 N–H and O–H groups in total. The predicted molar refractivity (Wildman–Crippen MR) is 80.8 cm³/mol. The predicted octanol–water partition coefficient (Wildman–Crippen LogP) is 3.80. The van der Waals surface area contributed by atoms with E-state index in [0.717, 1.165) is 6.54 Å². The molecule has 108 valence electrons. The van der Waals surface area contributed by atoms with Crippen molar-refractivity contribution < 1.29 is 0 Å². The van der Waals surface area contributed by atoms with E-state index in [4.69, 9.17) is 5.73 Å². The van der Waals surface area contributed by atoms with Gasteiger partial charge < -0.3 is 5.73 Å². The molecule has 0 saturated carbocycles. The number of unbranched alkanes of at least 4 members (excludes halogenated alkanes) is 3. The third-order valence-corrected chi connectivity index (χ3v) is 4.67. The first kappa shape index (κ1) is 16.0. The van der Waals surface area contributed by atoms with Crippen LogP contribution in [0.5, 0.6) is 0 Å². The smallest absolute Gasteiger partial charge is 0.0303 e. The summed E-state index contributed by atoms with van der Waals surface area (Å²) in [5, 5.41) is 0. The molecule has 0 amide bonds. The summed E-state index contributed by atoms with van der Waals surface area (Å²) in [6.45, 7) is 12.7. The van der Waals surface area contributed by atoms with E-state index in [1.54, 1.807) is 0 Å². The minimum atomic E-state index is 0.228. The summed E-state index contributed by atoms with van der Waals surface area (Å²) in [5.41, 5.74) is 6.80. The van der Waals surface area contributed by atoms with Crippen LogP contribution in [0.1, 0.15) is 72.6 Å². The first-order valence-electron chi connectivity index (χ1n) is 7.89. The van der Waals surface area contributed by atoms with Crippen LogP contribution in [0, 0.1) is 5.41 Å². The maximum atomic E-state index is 6.10. The monoisotopic (exact) mass is 254 g/mol. The van der Waals surface area contributed by atoms with Crippen molar-refractivity contribution >= 4 is 0 Å². The third kappa shape index (κ3) is 4.55. The number of nitrogens with zero attached hydrogens (tertiary/aromatic N) is 1. The fraction of sp³-hybridized carbons (Fsp3) is 1.00. The quantitative estimate of drug-likeness (QED) is 0.700. The Balaban J connectivity index is 2.51. The average molecular weight is 254 g/mol. The van der Waals surface area contributed by atoms with Gasteiger partial charge in [-0.3, -0.25) is 4.90 Å². The normalized spacial score (nSPS) is 23.8. The van der Waals surface area contributed by atoms with Gasteiger partial charge in [0.1, 0.15) is 0 Å². The molecule has 0 aromatic carbocycles. The Bertz CT molecular complexity index is 237. The van der Waals surface area contributed by atoms with Crippen LogP contribution in [0.3, 0.4) is 0 Å². The van der Waals surface area contributed by atoms with E-state index in [2.05, 4.69) is 32.6 Å². The lowest BCUT2D eigenvalue weighted by Crippen LogP contribution is -2.56. The first-order chi connectivity index (χ1) is 8.43. The molecule has 0 bridgehead atoms. The molecule has 1 aliphatic heterocycles. The van der Waals surface area contributed by atoms with E-state index >= 15 is 0 Å². The highest BCUT2D eigenvalue weighted by molar-refractivity contribution is 4.92. The molecule has 1 saturated heterocycles. The minimum Gasteiger partial charge on any atom is -0.329 e. The second kappa shape index (κ2) is 6.91. The van der Waals surface area contributed by atoms with Crippen LogP contribution in [-0.4, -0.2) is 30.1 Å². The van der Waals surface area contributed by atoms with Crippen LogP contribution in [0.25, 0.3) is 0 Å². The molecule has 1 fully saturated rings. The summed E-state index contributed by atoms with van der Waals surface area (Å²) >= 11 is 0. The molecule has 0 aliphatic carbocycles. The zero-order valence-corrected chi connectivity index (χ0v) is 13.1. The Morgan fingerprint density at radius 1 is 1.22 bits per heavy atom. The maximum Gasteiger partial charge on any atom is 0.0303 e. The fourth-order valence-electron chi connectivity index (χ4n) is 3.21. The van der Waals surface area contributed by atoms with Gasteiger partial charge in [-0.25, -0.2) is 0 Å². The van der Waals surface area contributed by atoms with Crippen molar-refractivity contribution in [3.63, 3.8) is 0 Å². The van der Waals surface area contributed by atoms with Gasteiger partial charge in [-0.05, 0) is 38.1 Å². The van der Waals surface area contributed by atoms with Gasteiger partial charge in [0.25, 0.3) is 0 Å². The molecule has 18 heavy (non-hydrogen) atoms. The summed E-state index contributed by atoms with van der Waals surface area (Å²) < 4.78 is 0. The number of nitrogens with two attached hydrogens (primary N) is 1. The second-order valence-electron chi connectivity index (χ2n) is 7.20. The molecule has 0 radical (unpaired) electrons. The number of rotatable bonds is 7. The van der Waals surface area contributed by atoms with Crippen molar-refractivity contribution in [1.29, 1.82) is 0 Å². The van der Waals surface area contributed by atoms with Crippen molar-refractivity contribution in [1.82, 2.24) is 4.90 Å². The van der Waals surface area contributed by atoms with Crippen LogP contribution < -0.4 is 5.73 Å². The van der Waals surface area contributed by atoms with E-state index in [9.17, 15) is 0 Å². The van der Waals surface area contributed by atoms with E-state index in [1.807, 2.05) is 0 Å². The molecule has 1 heterocycles. The lowest BCUT2D eigenvalue weighted by molar-refractivity contribution is 0.0221. The molecule has 0 spiro atoms. The summed E-state index contributed by atoms with van der Waals surface area (Å²) in [6, 6.07) is 0. The third-order valence-electron chi connectivity index (χ3n) is 4.67. The summed E-state index contributed by atoms with van der Waals surface area (Å²) in [6.07, 6.45) is 9.33. The summed E-state index contributed by atoms with van der Waals surface area (Å²) in [7, 11) is 0. The highest BCUT2D eigenvalue weighted by atomic mass is 15.2. The number of hydrogen-bond donors (Lipinski definition) is 1. The van der Waals surface area contributed by atoms with Gasteiger partial charge in [-0.1, -0.05) is 46.5 Å². The van der Waals surface area contributed by atoms with Crippen LogP contribution in [0.2, 0.25) is 0 Å². The Morgan fingerprint density at radius 3 is 2.50 bits per heavy atom. The fourth-order valence-corrected chi connectivity index (χ4v) is 3.21. The zero-order chi connectivity index (χ0) is 13.6. The van der Waals surface area contributed by atoms with Gasteiger partial charge >= 0.3 is 0 Å². The lowest BCUT2D eigenvalue weighted by Gasteiger charge is -2.48. The van der Waals surface area contributed by atoms with Crippen LogP contribution in [-0.2, 0) is 0 Å². The highest BCUT2D eigenvalue weighted by Crippen LogP contribution is 2.34. The molecule has 2 nitrogen and oxygen atoms in total. The number of hydrogen-bond acceptors (Lipinski definition) is 2. The molecule has 1 aliphatic rings. The highest BCUT2D eigenvalue weighted by Gasteiger charge is 2.36. The Morgan fingerprint density at radius 2 is 1.94 bits per heavy atom. The minimum absolute atomic E-state index is 0.228. The van der Waals surface area contributed by atoms with Crippen molar-refractivity contribution in [3.8, 4) is 0 Å². The molecular formula is C16H34N2. The van der Waals surface area contributed by atoms with E-state index in [-0.39, 0.29) is 5.54 Å². The Hall–Kier alpha value is -0.0800. The molecular weight excluding hydrogens is 220 g/mol. The summed E-state index contributed by atoms with van der Waals surface area (Å²) in [5.74, 6) is 0. The first-order valence-corrected chi connectivity index (χ1v) is 7.89. The van der Waals surface area contributed by atoms with Gasteiger partial charge in [0.05, 0.1) is 0 Å². The number of piperidine rings is 1. The van der Waals surface area contributed by atoms with Crippen molar-refractivity contribution in [3.05, 3.63) is 0 Å². The summed E-state index contributed by atoms with van der Waals surface area (Å²) in [4.78, 5) is 2.67. The van der Waals surface area contributed by atoms with Crippen LogP contribution in [0.15, 0.2) is 0 Å². The standard InChI is InChI=1S/C16H34N2/c1-5-6-7-8-11-16(4,13-17)18-12-9-10-15(2,3)14-18/h5-14,17H2,1-4H3. The molecule has 1 atom stereocenters. The van der Waals surface area contributed by atoms with Gasteiger partial charge in [-0.2, -0.15) is 0 Å². The van der Waals surface area contributed by atoms with E-state index in [1.165, 1.54) is 58.0 Å². The Kier molecular flexibility index (Phi) is 6.13. The van der Waals surface area contributed by atoms with Crippen molar-refractivity contribution in [2.24, 2.45) is 11.1 Å². The van der Waals surface area contributed by atoms with E-state index < -0.39 is 0 Å². The zero-order valence-electron chi connectivity index (χ0n) is 13.1. The molecule has 0 aromatic heterocycles. The van der Waals surface area contributed by atoms with Gasteiger partial charge in [0, 0.05) is 18.6 Å². The van der Waals surface area contributed by atoms with Crippen molar-refractivity contribution in [2.45, 2.75) is 78.2 Å². The lowest BCUT2D eigenvalue weighted by atomic mass is 9.80. The molecule has 2 heteroatoms.